The molecule has 27 heavy (non-hydrogen) atoms. The number of rotatable bonds is 6. The topological polar surface area (TPSA) is 109 Å². The third-order valence-electron chi connectivity index (χ3n) is 4.21. The van der Waals surface area contributed by atoms with Gasteiger partial charge >= 0.3 is 5.97 Å². The van der Waals surface area contributed by atoms with Crippen molar-refractivity contribution < 1.29 is 24.5 Å². The minimum absolute atomic E-state index is 0.0395. The zero-order chi connectivity index (χ0) is 19.6. The van der Waals surface area contributed by atoms with E-state index in [9.17, 15) is 19.8 Å². The van der Waals surface area contributed by atoms with E-state index in [1.165, 1.54) is 19.2 Å². The normalized spacial score (nSPS) is 11.9. The third-order valence-corrected chi connectivity index (χ3v) is 4.21. The van der Waals surface area contributed by atoms with Crippen molar-refractivity contribution in [1.29, 1.82) is 0 Å². The van der Waals surface area contributed by atoms with Crippen molar-refractivity contribution in [3.05, 3.63) is 52.7 Å². The number of carboxylic acid groups (broad SMARTS) is 1. The molecule has 3 N–H and O–H groups in total. The minimum Gasteiger partial charge on any atom is -0.507 e. The first-order valence-electron chi connectivity index (χ1n) is 8.38. The van der Waals surface area contributed by atoms with Crippen molar-refractivity contribution >= 4 is 16.9 Å². The monoisotopic (exact) mass is 369 g/mol. The molecule has 0 aliphatic rings. The summed E-state index contributed by atoms with van der Waals surface area (Å²) in [6.07, 6.45) is -0.891. The summed E-state index contributed by atoms with van der Waals surface area (Å²) >= 11 is 0. The summed E-state index contributed by atoms with van der Waals surface area (Å²) in [5.74, 6) is -1.26. The van der Waals surface area contributed by atoms with Crippen molar-refractivity contribution in [3.63, 3.8) is 0 Å². The molecule has 0 saturated carbocycles. The van der Waals surface area contributed by atoms with E-state index in [1.54, 1.807) is 6.92 Å². The van der Waals surface area contributed by atoms with Crippen molar-refractivity contribution in [2.24, 2.45) is 0 Å². The minimum atomic E-state index is -1.13. The first-order chi connectivity index (χ1) is 13.0. The molecular formula is C20H19NO6. The number of H-pyrrole nitrogens is 1. The highest BCUT2D eigenvalue weighted by Crippen LogP contribution is 2.40. The predicted molar refractivity (Wildman–Crippen MR) is 101 cm³/mol. The molecule has 1 aromatic heterocycles. The fourth-order valence-electron chi connectivity index (χ4n) is 2.89. The molecule has 140 valence electrons. The van der Waals surface area contributed by atoms with Gasteiger partial charge in [0, 0.05) is 17.8 Å². The number of aromatic amines is 1. The Bertz CT molecular complexity index is 1040. The Balaban J connectivity index is 2.25. The number of aliphatic carboxylic acids is 1. The number of phenolic OH excluding ortho intramolecular Hbond substituents is 1. The number of fused-ring (bicyclic) bond motifs is 1. The van der Waals surface area contributed by atoms with E-state index in [0.29, 0.717) is 5.69 Å². The van der Waals surface area contributed by atoms with Gasteiger partial charge in [-0.25, -0.2) is 4.79 Å². The van der Waals surface area contributed by atoms with Gasteiger partial charge in [0.25, 0.3) is 0 Å². The number of ether oxygens (including phenoxy) is 2. The number of aromatic nitrogens is 1. The average Bonchev–Trinajstić information content (AvgIpc) is 2.66. The largest absolute Gasteiger partial charge is 0.507 e. The number of aromatic hydroxyl groups is 1. The van der Waals surface area contributed by atoms with Crippen LogP contribution in [-0.2, 0) is 4.79 Å². The summed E-state index contributed by atoms with van der Waals surface area (Å²) in [7, 11) is 1.38. The molecule has 0 aliphatic heterocycles. The molecule has 3 aromatic rings. The number of carbonyl (C=O) groups is 1. The molecule has 2 aromatic carbocycles. The van der Waals surface area contributed by atoms with E-state index in [4.69, 9.17) is 9.47 Å². The van der Waals surface area contributed by atoms with Gasteiger partial charge in [0.15, 0.2) is 23.0 Å². The number of pyridine rings is 1. The maximum Gasteiger partial charge on any atom is 0.344 e. The van der Waals surface area contributed by atoms with Crippen LogP contribution < -0.4 is 14.9 Å². The SMILES string of the molecule is CCC(Oc1cc(O)c2c(=O)cc(-c3ccccc3)[nH]c2c1OC)C(=O)O. The van der Waals surface area contributed by atoms with Crippen molar-refractivity contribution in [2.75, 3.05) is 7.11 Å². The van der Waals surface area contributed by atoms with Gasteiger partial charge in [-0.1, -0.05) is 37.3 Å². The lowest BCUT2D eigenvalue weighted by atomic mass is 10.1. The molecule has 0 radical (unpaired) electrons. The van der Waals surface area contributed by atoms with E-state index < -0.39 is 17.5 Å². The van der Waals surface area contributed by atoms with Crippen LogP contribution in [0.15, 0.2) is 47.3 Å². The Morgan fingerprint density at radius 2 is 1.93 bits per heavy atom. The fraction of sp³-hybridized carbons (Fsp3) is 0.200. The van der Waals surface area contributed by atoms with Crippen LogP contribution in [0.1, 0.15) is 13.3 Å². The Morgan fingerprint density at radius 3 is 2.52 bits per heavy atom. The maximum atomic E-state index is 12.6. The quantitative estimate of drug-likeness (QED) is 0.616. The second-order valence-corrected chi connectivity index (χ2v) is 5.94. The lowest BCUT2D eigenvalue weighted by Crippen LogP contribution is -2.26. The molecule has 1 atom stereocenters. The van der Waals surface area contributed by atoms with Crippen molar-refractivity contribution in [2.45, 2.75) is 19.4 Å². The lowest BCUT2D eigenvalue weighted by Gasteiger charge is -2.18. The van der Waals surface area contributed by atoms with Gasteiger partial charge in [-0.2, -0.15) is 0 Å². The Kier molecular flexibility index (Phi) is 5.03. The number of methoxy groups -OCH3 is 1. The molecule has 0 fully saturated rings. The molecule has 0 spiro atoms. The molecule has 0 saturated heterocycles. The summed E-state index contributed by atoms with van der Waals surface area (Å²) in [6, 6.07) is 11.8. The van der Waals surface area contributed by atoms with Crippen LogP contribution in [0.4, 0.5) is 0 Å². The van der Waals surface area contributed by atoms with Crippen LogP contribution >= 0.6 is 0 Å². The maximum absolute atomic E-state index is 12.6. The van der Waals surface area contributed by atoms with E-state index in [-0.39, 0.29) is 34.6 Å². The zero-order valence-corrected chi connectivity index (χ0v) is 14.9. The molecule has 0 amide bonds. The highest BCUT2D eigenvalue weighted by atomic mass is 16.5. The molecule has 1 heterocycles. The van der Waals surface area contributed by atoms with Crippen molar-refractivity contribution in [1.82, 2.24) is 4.98 Å². The number of benzene rings is 2. The van der Waals surface area contributed by atoms with Gasteiger partial charge in [-0.05, 0) is 12.0 Å². The van der Waals surface area contributed by atoms with Crippen LogP contribution in [0.3, 0.4) is 0 Å². The van der Waals surface area contributed by atoms with Gasteiger partial charge < -0.3 is 24.7 Å². The van der Waals surface area contributed by atoms with E-state index in [0.717, 1.165) is 5.56 Å². The zero-order valence-electron chi connectivity index (χ0n) is 14.9. The molecular weight excluding hydrogens is 350 g/mol. The van der Waals surface area contributed by atoms with E-state index >= 15 is 0 Å². The number of carboxylic acids is 1. The molecule has 7 heteroatoms. The summed E-state index contributed by atoms with van der Waals surface area (Å²) in [5.41, 5.74) is 1.16. The summed E-state index contributed by atoms with van der Waals surface area (Å²) in [6.45, 7) is 1.67. The first kappa shape index (κ1) is 18.3. The van der Waals surface area contributed by atoms with Gasteiger partial charge in [0.2, 0.25) is 0 Å². The standard InChI is InChI=1S/C20H19NO6/c1-3-15(20(24)25)27-16-10-14(23)17-13(22)9-12(11-7-5-4-6-8-11)21-18(17)19(16)26-2/h4-10,15,23H,3H2,1-2H3,(H,21,22)(H,24,25). The van der Waals surface area contributed by atoms with Crippen LogP contribution in [0.25, 0.3) is 22.2 Å². The van der Waals surface area contributed by atoms with Crippen LogP contribution in [-0.4, -0.2) is 34.4 Å². The van der Waals surface area contributed by atoms with Gasteiger partial charge in [-0.15, -0.1) is 0 Å². The Hall–Kier alpha value is -3.48. The Labute approximate surface area is 154 Å². The molecule has 3 rings (SSSR count). The smallest absolute Gasteiger partial charge is 0.344 e. The van der Waals surface area contributed by atoms with Crippen molar-refractivity contribution in [3.8, 4) is 28.5 Å². The number of hydrogen-bond donors (Lipinski definition) is 3. The second-order valence-electron chi connectivity index (χ2n) is 5.94. The number of hydrogen-bond acceptors (Lipinski definition) is 5. The lowest BCUT2D eigenvalue weighted by molar-refractivity contribution is -0.145. The molecule has 1 unspecified atom stereocenters. The average molecular weight is 369 g/mol. The fourth-order valence-corrected chi connectivity index (χ4v) is 2.89. The summed E-state index contributed by atoms with van der Waals surface area (Å²) in [5, 5.41) is 19.6. The van der Waals surface area contributed by atoms with E-state index in [1.807, 2.05) is 30.3 Å². The molecule has 7 nitrogen and oxygen atoms in total. The molecule has 0 aliphatic carbocycles. The van der Waals surface area contributed by atoms with Crippen LogP contribution in [0.5, 0.6) is 17.2 Å². The predicted octanol–water partition coefficient (Wildman–Crippen LogP) is 3.15. The number of nitrogens with one attached hydrogen (secondary N) is 1. The Morgan fingerprint density at radius 1 is 1.22 bits per heavy atom. The summed E-state index contributed by atoms with van der Waals surface area (Å²) < 4.78 is 10.9. The second kappa shape index (κ2) is 7.41. The first-order valence-corrected chi connectivity index (χ1v) is 8.38. The number of phenols is 1. The van der Waals surface area contributed by atoms with E-state index in [2.05, 4.69) is 4.98 Å². The van der Waals surface area contributed by atoms with Crippen LogP contribution in [0.2, 0.25) is 0 Å². The van der Waals surface area contributed by atoms with Gasteiger partial charge in [0.05, 0.1) is 12.5 Å². The summed E-state index contributed by atoms with van der Waals surface area (Å²) in [4.78, 5) is 27.0. The highest BCUT2D eigenvalue weighted by molar-refractivity contribution is 5.93. The third kappa shape index (κ3) is 3.44. The van der Waals surface area contributed by atoms with Gasteiger partial charge in [0.1, 0.15) is 11.3 Å². The van der Waals surface area contributed by atoms with Crippen LogP contribution in [0, 0.1) is 0 Å². The molecule has 0 bridgehead atoms. The highest BCUT2D eigenvalue weighted by Gasteiger charge is 2.23. The van der Waals surface area contributed by atoms with Gasteiger partial charge in [-0.3, -0.25) is 4.79 Å².